The Morgan fingerprint density at radius 1 is 1.21 bits per heavy atom. The third-order valence-electron chi connectivity index (χ3n) is 6.74. The number of amides is 2. The fraction of sp³-hybridized carbons (Fsp3) is 0.280. The number of benzene rings is 2. The molecule has 2 fully saturated rings. The quantitative estimate of drug-likeness (QED) is 0.456. The lowest BCUT2D eigenvalue weighted by Gasteiger charge is -2.27. The number of fused-ring (bicyclic) bond motifs is 2. The van der Waals surface area contributed by atoms with E-state index in [4.69, 9.17) is 0 Å². The van der Waals surface area contributed by atoms with E-state index in [9.17, 15) is 14.0 Å². The third-order valence-corrected chi connectivity index (χ3v) is 7.76. The molecule has 1 aliphatic carbocycles. The number of thiazole rings is 1. The molecule has 0 bridgehead atoms. The number of hydrogen-bond acceptors (Lipinski definition) is 5. The van der Waals surface area contributed by atoms with Crippen molar-refractivity contribution in [3.05, 3.63) is 70.7 Å². The average Bonchev–Trinajstić information content (AvgIpc) is 3.17. The Kier molecular flexibility index (Phi) is 4.95. The molecule has 2 amide bonds. The molecular weight excluding hydrogens is 453 g/mol. The molecule has 1 saturated heterocycles. The van der Waals surface area contributed by atoms with Crippen molar-refractivity contribution in [2.45, 2.75) is 19.4 Å². The summed E-state index contributed by atoms with van der Waals surface area (Å²) in [6.45, 7) is 2.84. The van der Waals surface area contributed by atoms with Crippen LogP contribution >= 0.6 is 11.3 Å². The Morgan fingerprint density at radius 2 is 2.06 bits per heavy atom. The minimum absolute atomic E-state index is 0.103. The van der Waals surface area contributed by atoms with Gasteiger partial charge in [0, 0.05) is 18.5 Å². The molecule has 0 radical (unpaired) electrons. The number of hydrogen-bond donors (Lipinski definition) is 2. The van der Waals surface area contributed by atoms with Crippen molar-refractivity contribution >= 4 is 34.1 Å². The van der Waals surface area contributed by atoms with Crippen LogP contribution < -0.4 is 5.32 Å². The Morgan fingerprint density at radius 3 is 2.91 bits per heavy atom. The second-order valence-electron chi connectivity index (χ2n) is 8.93. The number of piperidine rings is 1. The van der Waals surface area contributed by atoms with Crippen LogP contribution in [0.2, 0.25) is 0 Å². The van der Waals surface area contributed by atoms with E-state index in [-0.39, 0.29) is 23.7 Å². The van der Waals surface area contributed by atoms with Gasteiger partial charge in [0.2, 0.25) is 0 Å². The maximum absolute atomic E-state index is 13.8. The number of carbonyl (C=O) groups is 2. The second kappa shape index (κ2) is 8.02. The van der Waals surface area contributed by atoms with Crippen LogP contribution in [0.4, 0.5) is 4.39 Å². The molecule has 7 nitrogen and oxygen atoms in total. The maximum Gasteiger partial charge on any atom is 0.274 e. The summed E-state index contributed by atoms with van der Waals surface area (Å²) in [7, 11) is 0. The van der Waals surface area contributed by atoms with Crippen LogP contribution in [0.25, 0.3) is 21.3 Å². The summed E-state index contributed by atoms with van der Waals surface area (Å²) in [6.07, 6.45) is 1.06. The first kappa shape index (κ1) is 21.0. The first-order valence-corrected chi connectivity index (χ1v) is 12.1. The highest BCUT2D eigenvalue weighted by Gasteiger charge is 2.54. The zero-order valence-corrected chi connectivity index (χ0v) is 19.2. The number of para-hydroxylation sites is 1. The van der Waals surface area contributed by atoms with Crippen molar-refractivity contribution in [3.63, 3.8) is 0 Å². The minimum Gasteiger partial charge on any atom is -0.349 e. The van der Waals surface area contributed by atoms with Gasteiger partial charge in [-0.3, -0.25) is 14.7 Å². The molecule has 1 saturated carbocycles. The number of aryl methyl sites for hydroxylation is 1. The summed E-state index contributed by atoms with van der Waals surface area (Å²) in [4.78, 5) is 33.5. The lowest BCUT2D eigenvalue weighted by Crippen LogP contribution is -2.45. The van der Waals surface area contributed by atoms with Crippen molar-refractivity contribution in [3.8, 4) is 10.4 Å². The maximum atomic E-state index is 13.8. The van der Waals surface area contributed by atoms with Crippen molar-refractivity contribution in [2.24, 2.45) is 11.8 Å². The molecule has 1 aliphatic heterocycles. The summed E-state index contributed by atoms with van der Waals surface area (Å²) >= 11 is 1.39. The molecule has 4 aromatic rings. The number of H-pyrrole nitrogens is 1. The highest BCUT2D eigenvalue weighted by molar-refractivity contribution is 7.15. The van der Waals surface area contributed by atoms with Crippen molar-refractivity contribution in [1.82, 2.24) is 25.4 Å². The zero-order chi connectivity index (χ0) is 23.4. The summed E-state index contributed by atoms with van der Waals surface area (Å²) in [6, 6.07) is 13.6. The van der Waals surface area contributed by atoms with E-state index in [1.807, 2.05) is 36.1 Å². The fourth-order valence-electron chi connectivity index (χ4n) is 5.02. The van der Waals surface area contributed by atoms with Gasteiger partial charge in [-0.2, -0.15) is 5.10 Å². The number of rotatable bonds is 5. The van der Waals surface area contributed by atoms with Crippen LogP contribution in [0, 0.1) is 24.6 Å². The first-order chi connectivity index (χ1) is 16.5. The van der Waals surface area contributed by atoms with Crippen LogP contribution in [0.5, 0.6) is 0 Å². The SMILES string of the molecule is Cc1nc(C(=O)N2C[C@H]3C[C@H]3[C@H]2CNC(=O)c2n[nH]c3ccccc23)c(-c2cccc(F)c2)s1. The van der Waals surface area contributed by atoms with Crippen LogP contribution in [0.1, 0.15) is 32.4 Å². The zero-order valence-electron chi connectivity index (χ0n) is 18.4. The summed E-state index contributed by atoms with van der Waals surface area (Å²) in [5.74, 6) is 0.0435. The van der Waals surface area contributed by atoms with Gasteiger partial charge >= 0.3 is 0 Å². The Balaban J connectivity index is 1.23. The number of carbonyl (C=O) groups excluding carboxylic acids is 2. The van der Waals surface area contributed by atoms with Gasteiger partial charge in [0.25, 0.3) is 11.8 Å². The van der Waals surface area contributed by atoms with Crippen LogP contribution in [-0.4, -0.2) is 51.0 Å². The Bertz CT molecular complexity index is 1430. The lowest BCUT2D eigenvalue weighted by molar-refractivity contribution is 0.0690. The van der Waals surface area contributed by atoms with Gasteiger partial charge in [-0.25, -0.2) is 9.37 Å². The molecule has 3 heterocycles. The van der Waals surface area contributed by atoms with E-state index < -0.39 is 0 Å². The average molecular weight is 476 g/mol. The van der Waals surface area contributed by atoms with Gasteiger partial charge in [-0.05, 0) is 48.9 Å². The monoisotopic (exact) mass is 475 g/mol. The highest BCUT2D eigenvalue weighted by Crippen LogP contribution is 2.50. The Hall–Kier alpha value is -3.59. The van der Waals surface area contributed by atoms with Crippen molar-refractivity contribution in [1.29, 1.82) is 0 Å². The van der Waals surface area contributed by atoms with Gasteiger partial charge < -0.3 is 10.2 Å². The van der Waals surface area contributed by atoms with E-state index in [1.165, 1.54) is 23.5 Å². The molecule has 2 N–H and O–H groups in total. The van der Waals surface area contributed by atoms with Gasteiger partial charge in [-0.1, -0.05) is 30.3 Å². The topological polar surface area (TPSA) is 91.0 Å². The van der Waals surface area contributed by atoms with E-state index in [1.54, 1.807) is 12.1 Å². The molecular formula is C25H22FN5O2S. The third kappa shape index (κ3) is 3.56. The first-order valence-electron chi connectivity index (χ1n) is 11.2. The number of likely N-dealkylation sites (tertiary alicyclic amines) is 1. The predicted octanol–water partition coefficient (Wildman–Crippen LogP) is 4.02. The van der Waals surface area contributed by atoms with E-state index in [0.29, 0.717) is 46.8 Å². The molecule has 172 valence electrons. The van der Waals surface area contributed by atoms with Gasteiger partial charge in [0.1, 0.15) is 11.5 Å². The smallest absolute Gasteiger partial charge is 0.274 e. The number of nitrogens with one attached hydrogen (secondary N) is 2. The largest absolute Gasteiger partial charge is 0.349 e. The number of aromatic nitrogens is 3. The highest BCUT2D eigenvalue weighted by atomic mass is 32.1. The number of halogens is 1. The normalized spacial score (nSPS) is 21.0. The molecule has 2 aromatic carbocycles. The summed E-state index contributed by atoms with van der Waals surface area (Å²) in [5.41, 5.74) is 2.15. The van der Waals surface area contributed by atoms with Crippen LogP contribution in [-0.2, 0) is 0 Å². The molecule has 0 spiro atoms. The summed E-state index contributed by atoms with van der Waals surface area (Å²) in [5, 5.41) is 11.6. The molecule has 2 aromatic heterocycles. The molecule has 2 aliphatic rings. The predicted molar refractivity (Wildman–Crippen MR) is 127 cm³/mol. The van der Waals surface area contributed by atoms with Crippen molar-refractivity contribution in [2.75, 3.05) is 13.1 Å². The van der Waals surface area contributed by atoms with Crippen LogP contribution in [0.3, 0.4) is 0 Å². The number of aromatic amines is 1. The van der Waals surface area contributed by atoms with E-state index in [2.05, 4.69) is 20.5 Å². The molecule has 0 unspecified atom stereocenters. The molecule has 6 rings (SSSR count). The molecule has 34 heavy (non-hydrogen) atoms. The van der Waals surface area contributed by atoms with Crippen LogP contribution in [0.15, 0.2) is 48.5 Å². The molecule has 9 heteroatoms. The van der Waals surface area contributed by atoms with Gasteiger partial charge in [0.15, 0.2) is 5.69 Å². The Labute approximate surface area is 199 Å². The van der Waals surface area contributed by atoms with E-state index >= 15 is 0 Å². The fourth-order valence-corrected chi connectivity index (χ4v) is 5.92. The lowest BCUT2D eigenvalue weighted by atomic mass is 10.1. The van der Waals surface area contributed by atoms with Gasteiger partial charge in [-0.15, -0.1) is 11.3 Å². The van der Waals surface area contributed by atoms with Crippen molar-refractivity contribution < 1.29 is 14.0 Å². The van der Waals surface area contributed by atoms with Gasteiger partial charge in [0.05, 0.1) is 21.4 Å². The second-order valence-corrected chi connectivity index (χ2v) is 10.1. The molecule has 3 atom stereocenters. The minimum atomic E-state index is -0.351. The number of nitrogens with zero attached hydrogens (tertiary/aromatic N) is 3. The van der Waals surface area contributed by atoms with E-state index in [0.717, 1.165) is 22.3 Å². The standard InChI is InChI=1S/C25H22FN5O2S/c1-13-28-22(23(34-13)14-5-4-6-16(26)9-14)25(33)31-12-15-10-18(15)20(31)11-27-24(32)21-17-7-2-3-8-19(17)29-30-21/h2-9,15,18,20H,10-12H2,1H3,(H,27,32)(H,29,30)/t15-,18-,20-/m1/s1. The summed E-state index contributed by atoms with van der Waals surface area (Å²) < 4.78 is 13.8.